The van der Waals surface area contributed by atoms with Crippen molar-refractivity contribution in [2.75, 3.05) is 12.4 Å². The second-order valence-electron chi connectivity index (χ2n) is 4.94. The Labute approximate surface area is 139 Å². The first kappa shape index (κ1) is 17.2. The number of anilines is 1. The molecule has 2 rings (SSSR count). The summed E-state index contributed by atoms with van der Waals surface area (Å²) in [6, 6.07) is 10.1. The van der Waals surface area contributed by atoms with Crippen LogP contribution in [0.3, 0.4) is 0 Å². The standard InChI is InChI=1S/C17H18FNO3S/c1-11-6-7-16(14(18)8-11)22-10-13-12(9-20)4-3-5-15(13)19-17(23)21-2/h3-8,20H,9-10H2,1-2H3,(H,19,23). The number of halogens is 1. The maximum Gasteiger partial charge on any atom is 0.260 e. The molecule has 23 heavy (non-hydrogen) atoms. The number of hydrogen-bond donors (Lipinski definition) is 2. The minimum atomic E-state index is -0.423. The molecule has 0 aliphatic carbocycles. The topological polar surface area (TPSA) is 50.7 Å². The molecule has 4 nitrogen and oxygen atoms in total. The van der Waals surface area contributed by atoms with Crippen LogP contribution >= 0.6 is 12.2 Å². The number of methoxy groups -OCH3 is 1. The third-order valence-corrected chi connectivity index (χ3v) is 3.59. The largest absolute Gasteiger partial charge is 0.486 e. The van der Waals surface area contributed by atoms with Crippen LogP contribution in [0.1, 0.15) is 16.7 Å². The summed E-state index contributed by atoms with van der Waals surface area (Å²) in [4.78, 5) is 0. The minimum absolute atomic E-state index is 0.0887. The summed E-state index contributed by atoms with van der Waals surface area (Å²) in [6.07, 6.45) is 0. The average Bonchev–Trinajstić information content (AvgIpc) is 2.54. The van der Waals surface area contributed by atoms with Gasteiger partial charge in [-0.05, 0) is 48.5 Å². The van der Waals surface area contributed by atoms with E-state index < -0.39 is 5.82 Å². The van der Waals surface area contributed by atoms with Gasteiger partial charge < -0.3 is 19.9 Å². The molecule has 122 valence electrons. The lowest BCUT2D eigenvalue weighted by molar-refractivity contribution is 0.265. The van der Waals surface area contributed by atoms with Gasteiger partial charge in [0.05, 0.1) is 13.7 Å². The first-order valence-corrected chi connectivity index (χ1v) is 7.41. The summed E-state index contributed by atoms with van der Waals surface area (Å²) in [5.41, 5.74) is 2.82. The Hall–Kier alpha value is -2.18. The molecule has 0 saturated carbocycles. The van der Waals surface area contributed by atoms with Gasteiger partial charge in [0.1, 0.15) is 6.61 Å². The number of nitrogens with one attached hydrogen (secondary N) is 1. The Morgan fingerprint density at radius 3 is 2.74 bits per heavy atom. The number of rotatable bonds is 5. The second kappa shape index (κ2) is 7.89. The van der Waals surface area contributed by atoms with Gasteiger partial charge in [0, 0.05) is 11.3 Å². The van der Waals surface area contributed by atoms with Crippen molar-refractivity contribution in [2.45, 2.75) is 20.1 Å². The number of aryl methyl sites for hydroxylation is 1. The molecule has 0 amide bonds. The number of aliphatic hydroxyl groups excluding tert-OH is 1. The summed E-state index contributed by atoms with van der Waals surface area (Å²) >= 11 is 4.99. The van der Waals surface area contributed by atoms with Gasteiger partial charge in [-0.2, -0.15) is 0 Å². The summed E-state index contributed by atoms with van der Waals surface area (Å²) in [5.74, 6) is -0.267. The molecule has 2 N–H and O–H groups in total. The van der Waals surface area contributed by atoms with E-state index in [1.807, 2.05) is 6.92 Å². The highest BCUT2D eigenvalue weighted by Gasteiger charge is 2.12. The minimum Gasteiger partial charge on any atom is -0.486 e. The van der Waals surface area contributed by atoms with Crippen molar-refractivity contribution in [3.63, 3.8) is 0 Å². The fourth-order valence-corrected chi connectivity index (χ4v) is 2.21. The van der Waals surface area contributed by atoms with Crippen molar-refractivity contribution in [1.82, 2.24) is 0 Å². The molecule has 0 atom stereocenters. The van der Waals surface area contributed by atoms with Crippen molar-refractivity contribution in [3.05, 3.63) is 58.9 Å². The molecular formula is C17H18FNO3S. The summed E-state index contributed by atoms with van der Waals surface area (Å²) in [5, 5.41) is 12.6. The van der Waals surface area contributed by atoms with E-state index in [0.717, 1.165) is 5.56 Å². The van der Waals surface area contributed by atoms with E-state index in [0.29, 0.717) is 16.8 Å². The van der Waals surface area contributed by atoms with Crippen molar-refractivity contribution < 1.29 is 19.0 Å². The van der Waals surface area contributed by atoms with E-state index in [9.17, 15) is 9.50 Å². The fourth-order valence-electron chi connectivity index (χ4n) is 2.10. The van der Waals surface area contributed by atoms with E-state index in [-0.39, 0.29) is 24.1 Å². The highest BCUT2D eigenvalue weighted by atomic mass is 32.1. The summed E-state index contributed by atoms with van der Waals surface area (Å²) in [7, 11) is 1.46. The zero-order valence-corrected chi connectivity index (χ0v) is 13.7. The van der Waals surface area contributed by atoms with Crippen LogP contribution in [0.15, 0.2) is 36.4 Å². The molecule has 0 aliphatic rings. The number of benzene rings is 2. The lowest BCUT2D eigenvalue weighted by Gasteiger charge is -2.16. The smallest absolute Gasteiger partial charge is 0.260 e. The van der Waals surface area contributed by atoms with Gasteiger partial charge in [0.2, 0.25) is 0 Å². The van der Waals surface area contributed by atoms with Crippen molar-refractivity contribution in [2.24, 2.45) is 0 Å². The number of hydrogen-bond acceptors (Lipinski definition) is 4. The van der Waals surface area contributed by atoms with Gasteiger partial charge in [-0.3, -0.25) is 0 Å². The Morgan fingerprint density at radius 2 is 2.09 bits per heavy atom. The molecule has 0 heterocycles. The van der Waals surface area contributed by atoms with Crippen LogP contribution < -0.4 is 10.1 Å². The maximum atomic E-state index is 13.9. The summed E-state index contributed by atoms with van der Waals surface area (Å²) < 4.78 is 24.4. The van der Waals surface area contributed by atoms with E-state index in [2.05, 4.69) is 5.32 Å². The van der Waals surface area contributed by atoms with Crippen molar-refractivity contribution in [1.29, 1.82) is 0 Å². The zero-order chi connectivity index (χ0) is 16.8. The molecule has 0 bridgehead atoms. The molecule has 0 aliphatic heterocycles. The van der Waals surface area contributed by atoms with Crippen LogP contribution in [-0.2, 0) is 18.0 Å². The molecule has 0 unspecified atom stereocenters. The van der Waals surface area contributed by atoms with E-state index >= 15 is 0 Å². The lowest BCUT2D eigenvalue weighted by atomic mass is 10.1. The van der Waals surface area contributed by atoms with Gasteiger partial charge >= 0.3 is 0 Å². The Morgan fingerprint density at radius 1 is 1.30 bits per heavy atom. The van der Waals surface area contributed by atoms with E-state index in [1.165, 1.54) is 13.2 Å². The number of thiocarbonyl (C=S) groups is 1. The highest BCUT2D eigenvalue weighted by molar-refractivity contribution is 7.80. The molecule has 0 aromatic heterocycles. The molecule has 6 heteroatoms. The fraction of sp³-hybridized carbons (Fsp3) is 0.235. The predicted octanol–water partition coefficient (Wildman–Crippen LogP) is 3.55. The predicted molar refractivity (Wildman–Crippen MR) is 91.1 cm³/mol. The second-order valence-corrected chi connectivity index (χ2v) is 5.31. The van der Waals surface area contributed by atoms with Gasteiger partial charge in [0.25, 0.3) is 5.17 Å². The maximum absolute atomic E-state index is 13.9. The number of aliphatic hydroxyl groups is 1. The van der Waals surface area contributed by atoms with Crippen LogP contribution in [0, 0.1) is 12.7 Å². The third kappa shape index (κ3) is 4.40. The Bertz CT molecular complexity index is 706. The van der Waals surface area contributed by atoms with Gasteiger partial charge in [-0.15, -0.1) is 0 Å². The highest BCUT2D eigenvalue weighted by Crippen LogP contribution is 2.25. The first-order chi connectivity index (χ1) is 11.0. The van der Waals surface area contributed by atoms with E-state index in [4.69, 9.17) is 21.7 Å². The third-order valence-electron chi connectivity index (χ3n) is 3.32. The quantitative estimate of drug-likeness (QED) is 0.819. The van der Waals surface area contributed by atoms with Crippen molar-refractivity contribution in [3.8, 4) is 5.75 Å². The van der Waals surface area contributed by atoms with E-state index in [1.54, 1.807) is 30.3 Å². The van der Waals surface area contributed by atoms with Gasteiger partial charge in [-0.1, -0.05) is 18.2 Å². The monoisotopic (exact) mass is 335 g/mol. The van der Waals surface area contributed by atoms with Gasteiger partial charge in [0.15, 0.2) is 11.6 Å². The Kier molecular flexibility index (Phi) is 5.90. The zero-order valence-electron chi connectivity index (χ0n) is 12.9. The molecule has 0 radical (unpaired) electrons. The molecular weight excluding hydrogens is 317 g/mol. The molecule has 2 aromatic carbocycles. The lowest BCUT2D eigenvalue weighted by Crippen LogP contribution is -2.14. The van der Waals surface area contributed by atoms with Crippen LogP contribution in [0.5, 0.6) is 5.75 Å². The SMILES string of the molecule is COC(=S)Nc1cccc(CO)c1COc1ccc(C)cc1F. The molecule has 2 aromatic rings. The van der Waals surface area contributed by atoms with Gasteiger partial charge in [-0.25, -0.2) is 4.39 Å². The van der Waals surface area contributed by atoms with Crippen LogP contribution in [0.2, 0.25) is 0 Å². The molecule has 0 saturated heterocycles. The summed E-state index contributed by atoms with van der Waals surface area (Å²) in [6.45, 7) is 1.73. The van der Waals surface area contributed by atoms with Crippen LogP contribution in [0.4, 0.5) is 10.1 Å². The molecule has 0 spiro atoms. The Balaban J connectivity index is 2.24. The average molecular weight is 335 g/mol. The molecule has 0 fully saturated rings. The van der Waals surface area contributed by atoms with Crippen LogP contribution in [-0.4, -0.2) is 17.4 Å². The van der Waals surface area contributed by atoms with Crippen LogP contribution in [0.25, 0.3) is 0 Å². The normalized spacial score (nSPS) is 10.3. The first-order valence-electron chi connectivity index (χ1n) is 7.00. The van der Waals surface area contributed by atoms with Crippen molar-refractivity contribution >= 4 is 23.1 Å². The number of ether oxygens (including phenoxy) is 2.